The van der Waals surface area contributed by atoms with Crippen molar-refractivity contribution in [2.45, 2.75) is 6.92 Å². The van der Waals surface area contributed by atoms with E-state index in [-0.39, 0.29) is 11.7 Å². The standard InChI is InChI=1S/C20H14FN3O2S/c1-13-4-6-14(7-5-13)19(25)24(22-12-16-3-2-10-26-16)20-23-17-9-8-15(21)11-18(17)27-20/h2-12H,1H3/b22-12-. The third-order valence-corrected chi connectivity index (χ3v) is 4.85. The van der Waals surface area contributed by atoms with Gasteiger partial charge in [0, 0.05) is 5.56 Å². The van der Waals surface area contributed by atoms with Gasteiger partial charge in [0.25, 0.3) is 5.91 Å². The number of hydrazone groups is 1. The number of halogens is 1. The fourth-order valence-electron chi connectivity index (χ4n) is 2.46. The second-order valence-corrected chi connectivity index (χ2v) is 6.86. The zero-order valence-electron chi connectivity index (χ0n) is 14.3. The van der Waals surface area contributed by atoms with Gasteiger partial charge >= 0.3 is 0 Å². The topological polar surface area (TPSA) is 58.7 Å². The van der Waals surface area contributed by atoms with Crippen LogP contribution >= 0.6 is 11.3 Å². The van der Waals surface area contributed by atoms with Crippen LogP contribution in [0, 0.1) is 12.7 Å². The number of hydrogen-bond acceptors (Lipinski definition) is 5. The van der Waals surface area contributed by atoms with E-state index in [1.807, 2.05) is 19.1 Å². The highest BCUT2D eigenvalue weighted by Crippen LogP contribution is 2.30. The number of aromatic nitrogens is 1. The summed E-state index contributed by atoms with van der Waals surface area (Å²) in [6.07, 6.45) is 2.96. The Bertz CT molecular complexity index is 1120. The van der Waals surface area contributed by atoms with Gasteiger partial charge in [-0.05, 0) is 49.4 Å². The maximum atomic E-state index is 13.5. The summed E-state index contributed by atoms with van der Waals surface area (Å²) in [6.45, 7) is 1.95. The van der Waals surface area contributed by atoms with Gasteiger partial charge in [-0.15, -0.1) is 0 Å². The SMILES string of the molecule is Cc1ccc(C(=O)N(/N=C\c2ccco2)c2nc3ccc(F)cc3s2)cc1. The molecule has 0 atom stereocenters. The molecule has 0 fully saturated rings. The summed E-state index contributed by atoms with van der Waals surface area (Å²) in [5.41, 5.74) is 2.13. The number of hydrogen-bond donors (Lipinski definition) is 0. The van der Waals surface area contributed by atoms with Gasteiger partial charge < -0.3 is 4.42 Å². The van der Waals surface area contributed by atoms with E-state index < -0.39 is 0 Å². The van der Waals surface area contributed by atoms with Crippen molar-refractivity contribution in [1.29, 1.82) is 0 Å². The molecular formula is C20H14FN3O2S. The molecule has 0 radical (unpaired) electrons. The summed E-state index contributed by atoms with van der Waals surface area (Å²) in [5, 5.41) is 5.83. The lowest BCUT2D eigenvalue weighted by Gasteiger charge is -2.13. The number of carbonyl (C=O) groups excluding carboxylic acids is 1. The monoisotopic (exact) mass is 379 g/mol. The fourth-order valence-corrected chi connectivity index (χ4v) is 3.41. The summed E-state index contributed by atoms with van der Waals surface area (Å²) < 4.78 is 19.4. The van der Waals surface area contributed by atoms with E-state index in [9.17, 15) is 9.18 Å². The zero-order valence-corrected chi connectivity index (χ0v) is 15.1. The van der Waals surface area contributed by atoms with E-state index in [4.69, 9.17) is 4.42 Å². The molecule has 0 aliphatic heterocycles. The predicted octanol–water partition coefficient (Wildman–Crippen LogP) is 5.02. The smallest absolute Gasteiger partial charge is 0.280 e. The summed E-state index contributed by atoms with van der Waals surface area (Å²) in [5.74, 6) is -0.186. The number of aryl methyl sites for hydroxylation is 1. The molecular weight excluding hydrogens is 365 g/mol. The second-order valence-electron chi connectivity index (χ2n) is 5.85. The van der Waals surface area contributed by atoms with Crippen molar-refractivity contribution in [3.05, 3.63) is 83.6 Å². The second kappa shape index (κ2) is 7.13. The molecule has 0 aliphatic carbocycles. The van der Waals surface area contributed by atoms with Gasteiger partial charge in [-0.1, -0.05) is 29.0 Å². The zero-order chi connectivity index (χ0) is 18.8. The highest BCUT2D eigenvalue weighted by molar-refractivity contribution is 7.22. The predicted molar refractivity (Wildman–Crippen MR) is 104 cm³/mol. The number of amides is 1. The average molecular weight is 379 g/mol. The average Bonchev–Trinajstić information content (AvgIpc) is 3.31. The Balaban J connectivity index is 1.76. The molecule has 27 heavy (non-hydrogen) atoms. The molecule has 0 aliphatic rings. The maximum absolute atomic E-state index is 13.5. The van der Waals surface area contributed by atoms with Crippen molar-refractivity contribution in [1.82, 2.24) is 4.98 Å². The van der Waals surface area contributed by atoms with Crippen molar-refractivity contribution in [3.8, 4) is 0 Å². The molecule has 0 saturated heterocycles. The Kier molecular flexibility index (Phi) is 4.52. The first-order valence-corrected chi connectivity index (χ1v) is 8.96. The lowest BCUT2D eigenvalue weighted by Crippen LogP contribution is -2.25. The molecule has 2 aromatic carbocycles. The molecule has 4 rings (SSSR count). The number of rotatable bonds is 4. The Hall–Kier alpha value is -3.32. The third kappa shape index (κ3) is 3.63. The molecule has 0 saturated carbocycles. The maximum Gasteiger partial charge on any atom is 0.280 e. The van der Waals surface area contributed by atoms with Crippen LogP contribution in [-0.4, -0.2) is 17.1 Å². The molecule has 0 spiro atoms. The van der Waals surface area contributed by atoms with Crippen LogP contribution < -0.4 is 5.01 Å². The number of carbonyl (C=O) groups is 1. The first kappa shape index (κ1) is 17.1. The van der Waals surface area contributed by atoms with Gasteiger partial charge in [0.2, 0.25) is 5.13 Å². The van der Waals surface area contributed by atoms with Crippen LogP contribution in [-0.2, 0) is 0 Å². The van der Waals surface area contributed by atoms with Crippen molar-refractivity contribution >= 4 is 38.8 Å². The highest BCUT2D eigenvalue weighted by Gasteiger charge is 2.21. The minimum Gasteiger partial charge on any atom is -0.463 e. The van der Waals surface area contributed by atoms with Gasteiger partial charge in [-0.2, -0.15) is 10.1 Å². The van der Waals surface area contributed by atoms with Crippen LogP contribution in [0.1, 0.15) is 21.7 Å². The molecule has 0 bridgehead atoms. The first-order valence-electron chi connectivity index (χ1n) is 8.15. The largest absolute Gasteiger partial charge is 0.463 e. The molecule has 7 heteroatoms. The Morgan fingerprint density at radius 2 is 2.04 bits per heavy atom. The van der Waals surface area contributed by atoms with E-state index in [0.29, 0.717) is 26.7 Å². The first-order chi connectivity index (χ1) is 13.1. The van der Waals surface area contributed by atoms with Crippen LogP contribution in [0.4, 0.5) is 9.52 Å². The Morgan fingerprint density at radius 3 is 2.78 bits per heavy atom. The van der Waals surface area contributed by atoms with Gasteiger partial charge in [0.05, 0.1) is 22.7 Å². The van der Waals surface area contributed by atoms with Gasteiger partial charge in [0.1, 0.15) is 11.6 Å². The molecule has 2 heterocycles. The summed E-state index contributed by atoms with van der Waals surface area (Å²) in [7, 11) is 0. The number of nitrogens with zero attached hydrogens (tertiary/aromatic N) is 3. The third-order valence-electron chi connectivity index (χ3n) is 3.85. The molecule has 2 aromatic heterocycles. The van der Waals surface area contributed by atoms with Crippen LogP contribution in [0.5, 0.6) is 0 Å². The van der Waals surface area contributed by atoms with E-state index in [0.717, 1.165) is 5.56 Å². The highest BCUT2D eigenvalue weighted by atomic mass is 32.1. The van der Waals surface area contributed by atoms with Gasteiger partial charge in [0.15, 0.2) is 0 Å². The normalized spacial score (nSPS) is 11.3. The van der Waals surface area contributed by atoms with Crippen molar-refractivity contribution < 1.29 is 13.6 Å². The fraction of sp³-hybridized carbons (Fsp3) is 0.0500. The number of fused-ring (bicyclic) bond motifs is 1. The Morgan fingerprint density at radius 1 is 1.22 bits per heavy atom. The van der Waals surface area contributed by atoms with Crippen molar-refractivity contribution in [2.75, 3.05) is 5.01 Å². The number of anilines is 1. The molecule has 0 N–H and O–H groups in total. The van der Waals surface area contributed by atoms with Crippen LogP contribution in [0.2, 0.25) is 0 Å². The minimum absolute atomic E-state index is 0.336. The molecule has 0 unspecified atom stereocenters. The van der Waals surface area contributed by atoms with Gasteiger partial charge in [-0.25, -0.2) is 9.37 Å². The van der Waals surface area contributed by atoms with E-state index in [2.05, 4.69) is 10.1 Å². The van der Waals surface area contributed by atoms with Crippen LogP contribution in [0.15, 0.2) is 70.4 Å². The molecule has 1 amide bonds. The summed E-state index contributed by atoms with van der Waals surface area (Å²) in [6, 6.07) is 14.9. The lowest BCUT2D eigenvalue weighted by molar-refractivity contribution is 0.0988. The quantitative estimate of drug-likeness (QED) is 0.370. The summed E-state index contributed by atoms with van der Waals surface area (Å²) in [4.78, 5) is 17.5. The lowest BCUT2D eigenvalue weighted by atomic mass is 10.1. The van der Waals surface area contributed by atoms with E-state index >= 15 is 0 Å². The summed E-state index contributed by atoms with van der Waals surface area (Å²) >= 11 is 1.19. The van der Waals surface area contributed by atoms with E-state index in [1.165, 1.54) is 41.0 Å². The number of thiazole rings is 1. The van der Waals surface area contributed by atoms with Gasteiger partial charge in [-0.3, -0.25) is 4.79 Å². The molecule has 134 valence electrons. The Labute approximate surface area is 158 Å². The van der Waals surface area contributed by atoms with Crippen molar-refractivity contribution in [2.24, 2.45) is 5.10 Å². The van der Waals surface area contributed by atoms with E-state index in [1.54, 1.807) is 30.3 Å². The number of benzene rings is 2. The minimum atomic E-state index is -0.354. The van der Waals surface area contributed by atoms with Crippen LogP contribution in [0.25, 0.3) is 10.2 Å². The van der Waals surface area contributed by atoms with Crippen LogP contribution in [0.3, 0.4) is 0 Å². The number of furan rings is 1. The molecule has 4 aromatic rings. The molecule has 5 nitrogen and oxygen atoms in total. The van der Waals surface area contributed by atoms with Crippen molar-refractivity contribution in [3.63, 3.8) is 0 Å².